The molecule has 0 spiro atoms. The van der Waals surface area contributed by atoms with Crippen LogP contribution in [0, 0.1) is 30.1 Å². The van der Waals surface area contributed by atoms with Gasteiger partial charge >= 0.3 is 0 Å². The highest BCUT2D eigenvalue weighted by atomic mass is 32.2. The molecule has 4 N–H and O–H groups in total. The van der Waals surface area contributed by atoms with Crippen molar-refractivity contribution < 1.29 is 28.2 Å². The molecule has 2 rings (SSSR count). The standard InChI is InChI=1S/C36H60N4O6S/c1-7-16-31(36(44)38-32(25-29-19-14-11-15-20-29)34(42)33(41)23-27(4)5)37-35(43)30(24-28-17-12-10-13-18-28)26-47(45,46)39(6)21-22-40(8-2)9-3/h1,10,12-13,17-18,27,29-34,41-42H,8-9,11,14-16,19-26H2,2-6H3,(H,37,43)(H,38,44)/t30-,31+,32+,33+,34-/m1/s1. The molecule has 1 aliphatic carbocycles. The molecule has 0 radical (unpaired) electrons. The van der Waals surface area contributed by atoms with E-state index in [0.717, 1.165) is 50.8 Å². The van der Waals surface area contributed by atoms with Crippen molar-refractivity contribution in [2.75, 3.05) is 39.0 Å². The first-order chi connectivity index (χ1) is 22.3. The molecular weight excluding hydrogens is 616 g/mol. The zero-order chi connectivity index (χ0) is 35.0. The molecule has 1 fully saturated rings. The molecule has 1 saturated carbocycles. The summed E-state index contributed by atoms with van der Waals surface area (Å²) in [5, 5.41) is 27.6. The van der Waals surface area contributed by atoms with Crippen LogP contribution in [0.15, 0.2) is 30.3 Å². The zero-order valence-corrected chi connectivity index (χ0v) is 30.1. The Hall–Kier alpha value is -2.49. The Morgan fingerprint density at radius 3 is 2.21 bits per heavy atom. The first kappa shape index (κ1) is 40.7. The number of carbonyl (C=O) groups is 2. The average molecular weight is 677 g/mol. The lowest BCUT2D eigenvalue weighted by molar-refractivity contribution is -0.132. The fourth-order valence-electron chi connectivity index (χ4n) is 6.32. The van der Waals surface area contributed by atoms with Crippen LogP contribution in [0.3, 0.4) is 0 Å². The van der Waals surface area contributed by atoms with Gasteiger partial charge in [0, 0.05) is 26.6 Å². The number of benzene rings is 1. The number of nitrogens with one attached hydrogen (secondary N) is 2. The van der Waals surface area contributed by atoms with Gasteiger partial charge in [-0.25, -0.2) is 12.7 Å². The van der Waals surface area contributed by atoms with E-state index in [0.29, 0.717) is 31.8 Å². The Morgan fingerprint density at radius 2 is 1.64 bits per heavy atom. The Morgan fingerprint density at radius 1 is 1.00 bits per heavy atom. The average Bonchev–Trinajstić information content (AvgIpc) is 3.04. The molecular formula is C36H60N4O6S. The maximum Gasteiger partial charge on any atom is 0.243 e. The number of terminal acetylenes is 1. The number of amides is 2. The van der Waals surface area contributed by atoms with E-state index in [-0.39, 0.29) is 18.8 Å². The third-order valence-electron chi connectivity index (χ3n) is 9.32. The minimum atomic E-state index is -3.83. The lowest BCUT2D eigenvalue weighted by Gasteiger charge is -2.33. The number of hydrogen-bond donors (Lipinski definition) is 4. The van der Waals surface area contributed by atoms with Gasteiger partial charge in [0.25, 0.3) is 0 Å². The SMILES string of the molecule is C#CC[C@H](NC(=O)[C@H](Cc1ccccc1)CS(=O)(=O)N(C)CCN(CC)CC)C(=O)N[C@@H](CC1CCCCC1)[C@@H](O)[C@@H](O)CC(C)C. The van der Waals surface area contributed by atoms with Gasteiger partial charge in [-0.15, -0.1) is 12.3 Å². The Kier molecular flexibility index (Phi) is 18.0. The molecule has 0 aliphatic heterocycles. The number of sulfonamides is 1. The van der Waals surface area contributed by atoms with Gasteiger partial charge < -0.3 is 25.7 Å². The molecule has 0 aromatic heterocycles. The monoisotopic (exact) mass is 676 g/mol. The maximum absolute atomic E-state index is 13.8. The van der Waals surface area contributed by atoms with Gasteiger partial charge in [0.2, 0.25) is 21.8 Å². The van der Waals surface area contributed by atoms with Crippen LogP contribution in [0.1, 0.15) is 84.6 Å². The van der Waals surface area contributed by atoms with Crippen molar-refractivity contribution in [2.45, 2.75) is 110 Å². The number of nitrogens with zero attached hydrogens (tertiary/aromatic N) is 2. The summed E-state index contributed by atoms with van der Waals surface area (Å²) in [6.07, 6.45) is 9.65. The number of aliphatic hydroxyl groups excluding tert-OH is 2. The molecule has 0 saturated heterocycles. The van der Waals surface area contributed by atoms with E-state index >= 15 is 0 Å². The minimum Gasteiger partial charge on any atom is -0.390 e. The summed E-state index contributed by atoms with van der Waals surface area (Å²) in [5.41, 5.74) is 0.793. The Balaban J connectivity index is 2.26. The van der Waals surface area contributed by atoms with Crippen molar-refractivity contribution in [3.05, 3.63) is 35.9 Å². The highest BCUT2D eigenvalue weighted by Gasteiger charge is 2.35. The molecule has 2 amide bonds. The molecule has 5 atom stereocenters. The quantitative estimate of drug-likeness (QED) is 0.147. The smallest absolute Gasteiger partial charge is 0.243 e. The third-order valence-corrected chi connectivity index (χ3v) is 11.3. The van der Waals surface area contributed by atoms with Crippen LogP contribution in [-0.2, 0) is 26.0 Å². The normalized spacial score (nSPS) is 17.6. The van der Waals surface area contributed by atoms with E-state index in [1.807, 2.05) is 58.0 Å². The number of likely N-dealkylation sites (N-methyl/N-ethyl adjacent to an activating group) is 2. The van der Waals surface area contributed by atoms with Crippen molar-refractivity contribution in [3.63, 3.8) is 0 Å². The lowest BCUT2D eigenvalue weighted by Crippen LogP contribution is -2.56. The number of rotatable bonds is 21. The van der Waals surface area contributed by atoms with Crippen LogP contribution in [0.4, 0.5) is 0 Å². The summed E-state index contributed by atoms with van der Waals surface area (Å²) in [4.78, 5) is 29.7. The molecule has 47 heavy (non-hydrogen) atoms. The van der Waals surface area contributed by atoms with Crippen molar-refractivity contribution >= 4 is 21.8 Å². The fourth-order valence-corrected chi connectivity index (χ4v) is 7.72. The van der Waals surface area contributed by atoms with Gasteiger partial charge in [-0.05, 0) is 49.8 Å². The van der Waals surface area contributed by atoms with Crippen LogP contribution in [0.2, 0.25) is 0 Å². The van der Waals surface area contributed by atoms with Crippen molar-refractivity contribution in [3.8, 4) is 12.3 Å². The summed E-state index contributed by atoms with van der Waals surface area (Å²) >= 11 is 0. The molecule has 0 bridgehead atoms. The highest BCUT2D eigenvalue weighted by Crippen LogP contribution is 2.29. The maximum atomic E-state index is 13.8. The van der Waals surface area contributed by atoms with Crippen LogP contribution in [-0.4, -0.2) is 103 Å². The van der Waals surface area contributed by atoms with E-state index < -0.39 is 57.8 Å². The predicted octanol–water partition coefficient (Wildman–Crippen LogP) is 3.18. The summed E-state index contributed by atoms with van der Waals surface area (Å²) in [6.45, 7) is 10.4. The van der Waals surface area contributed by atoms with Crippen LogP contribution < -0.4 is 10.6 Å². The first-order valence-corrected chi connectivity index (χ1v) is 19.0. The van der Waals surface area contributed by atoms with E-state index in [9.17, 15) is 28.2 Å². The number of carbonyl (C=O) groups excluding carboxylic acids is 2. The molecule has 1 aromatic rings. The molecule has 11 heteroatoms. The van der Waals surface area contributed by atoms with Gasteiger partial charge in [0.05, 0.1) is 23.8 Å². The Labute approximate surface area is 284 Å². The summed E-state index contributed by atoms with van der Waals surface area (Å²) in [5.74, 6) is 0.339. The van der Waals surface area contributed by atoms with Crippen molar-refractivity contribution in [2.24, 2.45) is 17.8 Å². The summed E-state index contributed by atoms with van der Waals surface area (Å²) in [7, 11) is -2.30. The van der Waals surface area contributed by atoms with E-state index in [1.54, 1.807) is 0 Å². The van der Waals surface area contributed by atoms with Crippen LogP contribution >= 0.6 is 0 Å². The highest BCUT2D eigenvalue weighted by molar-refractivity contribution is 7.89. The summed E-state index contributed by atoms with van der Waals surface area (Å²) in [6, 6.07) is 7.31. The topological polar surface area (TPSA) is 139 Å². The second-order valence-electron chi connectivity index (χ2n) is 13.5. The molecule has 1 aromatic carbocycles. The van der Waals surface area contributed by atoms with Gasteiger partial charge in [0.15, 0.2) is 0 Å². The molecule has 1 aliphatic rings. The van der Waals surface area contributed by atoms with Gasteiger partial charge in [-0.1, -0.05) is 90.1 Å². The second-order valence-corrected chi connectivity index (χ2v) is 15.6. The lowest BCUT2D eigenvalue weighted by atomic mass is 9.82. The first-order valence-electron chi connectivity index (χ1n) is 17.4. The van der Waals surface area contributed by atoms with Crippen LogP contribution in [0.25, 0.3) is 0 Å². The Bertz CT molecular complexity index is 1210. The predicted molar refractivity (Wildman–Crippen MR) is 188 cm³/mol. The van der Waals surface area contributed by atoms with Gasteiger partial charge in [0.1, 0.15) is 12.1 Å². The second kappa shape index (κ2) is 20.8. The number of hydrogen-bond acceptors (Lipinski definition) is 7. The van der Waals surface area contributed by atoms with E-state index in [4.69, 9.17) is 6.42 Å². The van der Waals surface area contributed by atoms with Crippen molar-refractivity contribution in [1.82, 2.24) is 19.8 Å². The van der Waals surface area contributed by atoms with Gasteiger partial charge in [-0.3, -0.25) is 9.59 Å². The third kappa shape index (κ3) is 14.3. The molecule has 0 unspecified atom stereocenters. The van der Waals surface area contributed by atoms with Crippen LogP contribution in [0.5, 0.6) is 0 Å². The van der Waals surface area contributed by atoms with Crippen molar-refractivity contribution in [1.29, 1.82) is 0 Å². The zero-order valence-electron chi connectivity index (χ0n) is 29.2. The number of aliphatic hydroxyl groups is 2. The minimum absolute atomic E-state index is 0.118. The van der Waals surface area contributed by atoms with E-state index in [1.165, 1.54) is 11.4 Å². The molecule has 266 valence electrons. The van der Waals surface area contributed by atoms with Gasteiger partial charge in [-0.2, -0.15) is 0 Å². The largest absolute Gasteiger partial charge is 0.390 e. The molecule has 0 heterocycles. The molecule has 10 nitrogen and oxygen atoms in total. The van der Waals surface area contributed by atoms with E-state index in [2.05, 4.69) is 21.5 Å². The summed E-state index contributed by atoms with van der Waals surface area (Å²) < 4.78 is 28.3. The fraction of sp³-hybridized carbons (Fsp3) is 0.722.